The number of nitrogens with one attached hydrogen (secondary N) is 1. The first-order valence-corrected chi connectivity index (χ1v) is 8.51. The molecule has 7 nitrogen and oxygen atoms in total. The molecule has 0 spiro atoms. The molecule has 8 heteroatoms. The Hall–Kier alpha value is -2.35. The van der Waals surface area contributed by atoms with E-state index in [9.17, 15) is 14.4 Å². The minimum Gasteiger partial charge on any atom is -0.419 e. The van der Waals surface area contributed by atoms with Crippen LogP contribution in [0.3, 0.4) is 0 Å². The quantitative estimate of drug-likeness (QED) is 0.459. The van der Waals surface area contributed by atoms with Crippen LogP contribution in [-0.2, 0) is 30.3 Å². The molecule has 1 N–H and O–H groups in total. The van der Waals surface area contributed by atoms with Crippen LogP contribution >= 0.6 is 15.9 Å². The monoisotopic (exact) mass is 408 g/mol. The van der Waals surface area contributed by atoms with Gasteiger partial charge in [0.15, 0.2) is 5.57 Å². The number of hydrogen-bond donors (Lipinski definition) is 1. The molecule has 2 aliphatic rings. The number of hydrogen-bond acceptors (Lipinski definition) is 6. The third kappa shape index (κ3) is 3.39. The maximum Gasteiger partial charge on any atom is 0.350 e. The van der Waals surface area contributed by atoms with Crippen LogP contribution in [-0.4, -0.2) is 30.2 Å². The number of esters is 2. The van der Waals surface area contributed by atoms with Crippen molar-refractivity contribution in [3.63, 3.8) is 0 Å². The zero-order valence-corrected chi connectivity index (χ0v) is 15.6. The summed E-state index contributed by atoms with van der Waals surface area (Å²) in [5, 5.41) is 2.94. The van der Waals surface area contributed by atoms with Gasteiger partial charge in [0.05, 0.1) is 11.4 Å². The Labute approximate surface area is 153 Å². The summed E-state index contributed by atoms with van der Waals surface area (Å²) < 4.78 is 10.9. The van der Waals surface area contributed by atoms with Crippen molar-refractivity contribution in [1.82, 2.24) is 0 Å². The standard InChI is InChI=1S/C17H17BrN2O5/c1-9(21)20-5-4-10-6-11(18)7-13(14(10)20)19-8-12-15(22)24-17(2,3)25-16(12)23/h6-8,19H,4-5H2,1-3H3. The number of anilines is 2. The molecule has 0 radical (unpaired) electrons. The highest BCUT2D eigenvalue weighted by Crippen LogP contribution is 2.38. The van der Waals surface area contributed by atoms with Gasteiger partial charge in [-0.2, -0.15) is 0 Å². The molecule has 0 bridgehead atoms. The van der Waals surface area contributed by atoms with Gasteiger partial charge >= 0.3 is 11.9 Å². The van der Waals surface area contributed by atoms with Gasteiger partial charge in [0.1, 0.15) is 0 Å². The van der Waals surface area contributed by atoms with Crippen molar-refractivity contribution >= 4 is 45.2 Å². The predicted octanol–water partition coefficient (Wildman–Crippen LogP) is 2.49. The van der Waals surface area contributed by atoms with E-state index in [0.717, 1.165) is 22.1 Å². The highest BCUT2D eigenvalue weighted by atomic mass is 79.9. The first kappa shape index (κ1) is 17.5. The molecule has 1 saturated heterocycles. The van der Waals surface area contributed by atoms with E-state index in [1.54, 1.807) is 11.0 Å². The highest BCUT2D eigenvalue weighted by molar-refractivity contribution is 9.10. The van der Waals surface area contributed by atoms with E-state index in [1.807, 2.05) is 6.07 Å². The van der Waals surface area contributed by atoms with Crippen molar-refractivity contribution in [2.75, 3.05) is 16.8 Å². The second-order valence-electron chi connectivity index (χ2n) is 6.26. The van der Waals surface area contributed by atoms with Crippen molar-refractivity contribution in [2.45, 2.75) is 33.0 Å². The van der Waals surface area contributed by atoms with Gasteiger partial charge in [-0.15, -0.1) is 0 Å². The minimum atomic E-state index is -1.28. The number of benzene rings is 1. The maximum atomic E-state index is 12.0. The number of fused-ring (bicyclic) bond motifs is 1. The number of halogens is 1. The fourth-order valence-electron chi connectivity index (χ4n) is 2.86. The lowest BCUT2D eigenvalue weighted by Gasteiger charge is -2.29. The Bertz CT molecular complexity index is 794. The summed E-state index contributed by atoms with van der Waals surface area (Å²) in [4.78, 5) is 37.5. The predicted molar refractivity (Wildman–Crippen MR) is 93.8 cm³/mol. The molecule has 0 saturated carbocycles. The Kier molecular flexibility index (Phi) is 4.32. The molecule has 0 aliphatic carbocycles. The first-order chi connectivity index (χ1) is 11.7. The normalized spacial score (nSPS) is 18.4. The largest absolute Gasteiger partial charge is 0.419 e. The van der Waals surface area contributed by atoms with E-state index >= 15 is 0 Å². The van der Waals surface area contributed by atoms with E-state index in [0.29, 0.717) is 12.2 Å². The smallest absolute Gasteiger partial charge is 0.350 e. The molecule has 0 unspecified atom stereocenters. The molecule has 3 rings (SSSR count). The summed E-state index contributed by atoms with van der Waals surface area (Å²) in [5.74, 6) is -2.88. The third-order valence-electron chi connectivity index (χ3n) is 3.90. The average Bonchev–Trinajstić information content (AvgIpc) is 2.88. The highest BCUT2D eigenvalue weighted by Gasteiger charge is 2.39. The maximum absolute atomic E-state index is 12.0. The molecule has 0 atom stereocenters. The number of cyclic esters (lactones) is 2. The number of rotatable bonds is 2. The van der Waals surface area contributed by atoms with Crippen LogP contribution in [0.1, 0.15) is 26.3 Å². The van der Waals surface area contributed by atoms with E-state index in [2.05, 4.69) is 21.2 Å². The van der Waals surface area contributed by atoms with Crippen molar-refractivity contribution in [3.05, 3.63) is 33.9 Å². The van der Waals surface area contributed by atoms with Gasteiger partial charge in [0, 0.05) is 38.0 Å². The Morgan fingerprint density at radius 1 is 1.28 bits per heavy atom. The molecular weight excluding hydrogens is 392 g/mol. The number of ether oxygens (including phenoxy) is 2. The van der Waals surface area contributed by atoms with Gasteiger partial charge in [-0.25, -0.2) is 9.59 Å². The molecule has 25 heavy (non-hydrogen) atoms. The fourth-order valence-corrected chi connectivity index (χ4v) is 3.37. The van der Waals surface area contributed by atoms with Crippen LogP contribution < -0.4 is 10.2 Å². The lowest BCUT2D eigenvalue weighted by molar-refractivity contribution is -0.222. The summed E-state index contributed by atoms with van der Waals surface area (Å²) >= 11 is 3.43. The summed E-state index contributed by atoms with van der Waals surface area (Å²) in [6.45, 7) is 5.06. The van der Waals surface area contributed by atoms with Gasteiger partial charge in [0.25, 0.3) is 5.79 Å². The zero-order chi connectivity index (χ0) is 18.4. The van der Waals surface area contributed by atoms with Crippen LogP contribution in [0.25, 0.3) is 0 Å². The summed E-state index contributed by atoms with van der Waals surface area (Å²) in [5.41, 5.74) is 2.11. The summed E-state index contributed by atoms with van der Waals surface area (Å²) in [6, 6.07) is 3.73. The van der Waals surface area contributed by atoms with Crippen molar-refractivity contribution in [2.24, 2.45) is 0 Å². The Morgan fingerprint density at radius 2 is 1.92 bits per heavy atom. The van der Waals surface area contributed by atoms with E-state index in [-0.39, 0.29) is 11.5 Å². The number of carbonyl (C=O) groups is 3. The third-order valence-corrected chi connectivity index (χ3v) is 4.36. The summed E-state index contributed by atoms with van der Waals surface area (Å²) in [6.07, 6.45) is 1.98. The molecule has 2 heterocycles. The number of carbonyl (C=O) groups excluding carboxylic acids is 3. The van der Waals surface area contributed by atoms with Crippen molar-refractivity contribution < 1.29 is 23.9 Å². The van der Waals surface area contributed by atoms with Gasteiger partial charge in [0.2, 0.25) is 5.91 Å². The van der Waals surface area contributed by atoms with Gasteiger partial charge < -0.3 is 19.7 Å². The van der Waals surface area contributed by atoms with Gasteiger partial charge in [-0.1, -0.05) is 15.9 Å². The first-order valence-electron chi connectivity index (χ1n) is 7.72. The van der Waals surface area contributed by atoms with Crippen LogP contribution in [0, 0.1) is 0 Å². The second-order valence-corrected chi connectivity index (χ2v) is 7.18. The molecule has 2 aliphatic heterocycles. The lowest BCUT2D eigenvalue weighted by atomic mass is 10.1. The van der Waals surface area contributed by atoms with Crippen LogP contribution in [0.5, 0.6) is 0 Å². The van der Waals surface area contributed by atoms with Gasteiger partial charge in [-0.3, -0.25) is 4.79 Å². The molecule has 1 fully saturated rings. The van der Waals surface area contributed by atoms with Crippen LogP contribution in [0.4, 0.5) is 11.4 Å². The van der Waals surface area contributed by atoms with E-state index in [4.69, 9.17) is 9.47 Å². The van der Waals surface area contributed by atoms with Crippen LogP contribution in [0.15, 0.2) is 28.4 Å². The molecule has 1 aromatic carbocycles. The van der Waals surface area contributed by atoms with Crippen molar-refractivity contribution in [1.29, 1.82) is 0 Å². The Morgan fingerprint density at radius 3 is 2.52 bits per heavy atom. The van der Waals surface area contributed by atoms with E-state index in [1.165, 1.54) is 27.0 Å². The molecule has 1 aromatic rings. The molecular formula is C17H17BrN2O5. The Balaban J connectivity index is 1.93. The van der Waals surface area contributed by atoms with E-state index < -0.39 is 17.7 Å². The lowest BCUT2D eigenvalue weighted by Crippen LogP contribution is -2.42. The average molecular weight is 409 g/mol. The minimum absolute atomic E-state index is 0.0741. The topological polar surface area (TPSA) is 84.9 Å². The van der Waals surface area contributed by atoms with Crippen LogP contribution in [0.2, 0.25) is 0 Å². The number of nitrogens with zero attached hydrogens (tertiary/aromatic N) is 1. The molecule has 132 valence electrons. The zero-order valence-electron chi connectivity index (χ0n) is 14.0. The molecule has 1 amide bonds. The second kappa shape index (κ2) is 6.18. The number of amides is 1. The van der Waals surface area contributed by atoms with Gasteiger partial charge in [-0.05, 0) is 24.1 Å². The summed E-state index contributed by atoms with van der Waals surface area (Å²) in [7, 11) is 0. The fraction of sp³-hybridized carbons (Fsp3) is 0.353. The SMILES string of the molecule is CC(=O)N1CCc2cc(Br)cc(NC=C3C(=O)OC(C)(C)OC3=O)c21. The molecule has 0 aromatic heterocycles. The van der Waals surface area contributed by atoms with Crippen molar-refractivity contribution in [3.8, 4) is 0 Å².